The van der Waals surface area contributed by atoms with Gasteiger partial charge >= 0.3 is 5.69 Å². The van der Waals surface area contributed by atoms with E-state index in [1.807, 2.05) is 42.7 Å². The van der Waals surface area contributed by atoms with Gasteiger partial charge in [0.15, 0.2) is 0 Å². The lowest BCUT2D eigenvalue weighted by Gasteiger charge is -2.13. The molecule has 0 N–H and O–H groups in total. The second-order valence-electron chi connectivity index (χ2n) is 6.64. The van der Waals surface area contributed by atoms with E-state index in [4.69, 9.17) is 23.2 Å². The fraction of sp³-hybridized carbons (Fsp3) is 0.238. The fourth-order valence-electron chi connectivity index (χ4n) is 3.03. The number of rotatable bonds is 7. The van der Waals surface area contributed by atoms with Crippen LogP contribution in [-0.2, 0) is 13.0 Å². The molecule has 0 radical (unpaired) electrons. The van der Waals surface area contributed by atoms with Crippen molar-refractivity contribution in [2.75, 3.05) is 0 Å². The van der Waals surface area contributed by atoms with Crippen molar-refractivity contribution < 1.29 is 0 Å². The number of nitrogens with zero attached hydrogens (tertiary/aromatic N) is 3. The van der Waals surface area contributed by atoms with Crippen LogP contribution in [0, 0.1) is 0 Å². The molecule has 0 aliphatic carbocycles. The van der Waals surface area contributed by atoms with Gasteiger partial charge in [0.05, 0.1) is 5.69 Å². The summed E-state index contributed by atoms with van der Waals surface area (Å²) in [7, 11) is 0. The van der Waals surface area contributed by atoms with Crippen LogP contribution in [0.4, 0.5) is 0 Å². The highest BCUT2D eigenvalue weighted by molar-refractivity contribution is 7.99. The highest BCUT2D eigenvalue weighted by atomic mass is 35.5. The molecule has 0 atom stereocenters. The van der Waals surface area contributed by atoms with Crippen molar-refractivity contribution in [3.05, 3.63) is 87.2 Å². The monoisotopic (exact) mass is 433 g/mol. The first-order valence-corrected chi connectivity index (χ1v) is 10.5. The van der Waals surface area contributed by atoms with E-state index in [1.54, 1.807) is 29.1 Å². The van der Waals surface area contributed by atoms with E-state index in [-0.39, 0.29) is 11.7 Å². The number of benzene rings is 1. The van der Waals surface area contributed by atoms with Crippen LogP contribution in [0.2, 0.25) is 10.0 Å². The molecule has 2 aromatic heterocycles. The molecule has 0 aliphatic heterocycles. The average Bonchev–Trinajstić information content (AvgIpc) is 2.87. The highest BCUT2D eigenvalue weighted by Crippen LogP contribution is 2.35. The molecule has 0 amide bonds. The fourth-order valence-corrected chi connectivity index (χ4v) is 4.97. The van der Waals surface area contributed by atoms with Crippen LogP contribution in [-0.4, -0.2) is 14.1 Å². The molecule has 0 unspecified atom stereocenters. The maximum Gasteiger partial charge on any atom is 0.329 e. The van der Waals surface area contributed by atoms with Gasteiger partial charge in [0.25, 0.3) is 0 Å². The highest BCUT2D eigenvalue weighted by Gasteiger charge is 2.22. The average molecular weight is 434 g/mol. The van der Waals surface area contributed by atoms with E-state index in [1.165, 1.54) is 11.8 Å². The van der Waals surface area contributed by atoms with E-state index in [0.29, 0.717) is 23.0 Å². The summed E-state index contributed by atoms with van der Waals surface area (Å²) in [6.07, 6.45) is 5.87. The lowest BCUT2D eigenvalue weighted by atomic mass is 10.1. The first-order valence-electron chi connectivity index (χ1n) is 8.88. The zero-order chi connectivity index (χ0) is 20.3. The minimum absolute atomic E-state index is 0.00640. The zero-order valence-corrected chi connectivity index (χ0v) is 18.1. The molecule has 146 valence electrons. The smallest absolute Gasteiger partial charge is 0.291 e. The van der Waals surface area contributed by atoms with Crippen LogP contribution in [0.15, 0.2) is 70.1 Å². The van der Waals surface area contributed by atoms with Crippen LogP contribution in [0.1, 0.15) is 31.1 Å². The molecule has 0 bridgehead atoms. The summed E-state index contributed by atoms with van der Waals surface area (Å²) in [6, 6.07) is 9.33. The molecule has 0 saturated carbocycles. The Morgan fingerprint density at radius 2 is 1.82 bits per heavy atom. The third kappa shape index (κ3) is 4.54. The van der Waals surface area contributed by atoms with E-state index < -0.39 is 0 Å². The molecule has 4 nitrogen and oxygen atoms in total. The maximum atomic E-state index is 13.2. The first kappa shape index (κ1) is 20.8. The summed E-state index contributed by atoms with van der Waals surface area (Å²) in [5.74, 6) is 0. The number of aromatic nitrogens is 3. The van der Waals surface area contributed by atoms with Crippen LogP contribution >= 0.6 is 35.0 Å². The van der Waals surface area contributed by atoms with Gasteiger partial charge in [0.1, 0.15) is 5.03 Å². The van der Waals surface area contributed by atoms with Gasteiger partial charge in [-0.3, -0.25) is 14.1 Å². The summed E-state index contributed by atoms with van der Waals surface area (Å²) in [6.45, 7) is 8.27. The number of hydrogen-bond donors (Lipinski definition) is 0. The predicted octanol–water partition coefficient (Wildman–Crippen LogP) is 5.86. The van der Waals surface area contributed by atoms with Crippen molar-refractivity contribution in [1.29, 1.82) is 0 Å². The quantitative estimate of drug-likeness (QED) is 0.437. The van der Waals surface area contributed by atoms with Gasteiger partial charge < -0.3 is 0 Å². The standard InChI is InChI=1S/C21H21Cl2N3OS/c1-4-9-25-19(10-15-5-7-24-8-6-15)20(26(14(2)3)21(25)27)28-18-12-16(22)11-17(23)13-18/h4-8,11-14H,1,9-10H2,2-3H3. The van der Waals surface area contributed by atoms with Crippen LogP contribution in [0.3, 0.4) is 0 Å². The first-order chi connectivity index (χ1) is 13.4. The Labute approximate surface area is 178 Å². The van der Waals surface area contributed by atoms with Crippen molar-refractivity contribution >= 4 is 35.0 Å². The lowest BCUT2D eigenvalue weighted by Crippen LogP contribution is -2.26. The predicted molar refractivity (Wildman–Crippen MR) is 117 cm³/mol. The summed E-state index contributed by atoms with van der Waals surface area (Å²) in [5.41, 5.74) is 1.97. The third-order valence-electron chi connectivity index (χ3n) is 4.23. The lowest BCUT2D eigenvalue weighted by molar-refractivity contribution is 0.530. The number of pyridine rings is 1. The minimum atomic E-state index is -0.0467. The Morgan fingerprint density at radius 1 is 1.18 bits per heavy atom. The molecule has 0 spiro atoms. The van der Waals surface area contributed by atoms with Crippen LogP contribution < -0.4 is 5.69 Å². The third-order valence-corrected chi connectivity index (χ3v) is 5.76. The van der Waals surface area contributed by atoms with E-state index in [9.17, 15) is 4.79 Å². The maximum absolute atomic E-state index is 13.2. The summed E-state index contributed by atoms with van der Waals surface area (Å²) in [4.78, 5) is 18.1. The van der Waals surface area contributed by atoms with Gasteiger partial charge in [-0.25, -0.2) is 4.79 Å². The SMILES string of the molecule is C=CCn1c(Cc2ccncc2)c(Sc2cc(Cl)cc(Cl)c2)n(C(C)C)c1=O. The number of hydrogen-bond acceptors (Lipinski definition) is 3. The Morgan fingerprint density at radius 3 is 2.39 bits per heavy atom. The number of allylic oxidation sites excluding steroid dienone is 1. The van der Waals surface area contributed by atoms with Crippen molar-refractivity contribution in [2.24, 2.45) is 0 Å². The summed E-state index contributed by atoms with van der Waals surface area (Å²) < 4.78 is 3.60. The van der Waals surface area contributed by atoms with Crippen LogP contribution in [0.5, 0.6) is 0 Å². The molecular weight excluding hydrogens is 413 g/mol. The molecule has 28 heavy (non-hydrogen) atoms. The molecular formula is C21H21Cl2N3OS. The molecule has 0 aliphatic rings. The molecule has 3 rings (SSSR count). The van der Waals surface area contributed by atoms with Gasteiger partial charge in [-0.2, -0.15) is 0 Å². The Bertz CT molecular complexity index is 1020. The number of imidazole rings is 1. The van der Waals surface area contributed by atoms with E-state index >= 15 is 0 Å². The Hall–Kier alpha value is -1.95. The van der Waals surface area contributed by atoms with Crippen molar-refractivity contribution in [1.82, 2.24) is 14.1 Å². The summed E-state index contributed by atoms with van der Waals surface area (Å²) in [5, 5.41) is 2.02. The molecule has 2 heterocycles. The molecule has 3 aromatic rings. The topological polar surface area (TPSA) is 39.8 Å². The molecule has 0 fully saturated rings. The van der Waals surface area contributed by atoms with E-state index in [2.05, 4.69) is 11.6 Å². The zero-order valence-electron chi connectivity index (χ0n) is 15.7. The van der Waals surface area contributed by atoms with Crippen molar-refractivity contribution in [3.8, 4) is 0 Å². The van der Waals surface area contributed by atoms with E-state index in [0.717, 1.165) is 21.2 Å². The summed E-state index contributed by atoms with van der Waals surface area (Å²) >= 11 is 13.9. The van der Waals surface area contributed by atoms with Gasteiger partial charge in [-0.1, -0.05) is 41.0 Å². The molecule has 1 aromatic carbocycles. The van der Waals surface area contributed by atoms with Crippen LogP contribution in [0.25, 0.3) is 0 Å². The Kier molecular flexibility index (Phi) is 6.70. The molecule has 0 saturated heterocycles. The van der Waals surface area contributed by atoms with Gasteiger partial charge in [-0.05, 0) is 49.7 Å². The second-order valence-corrected chi connectivity index (χ2v) is 8.57. The van der Waals surface area contributed by atoms with Gasteiger partial charge in [-0.15, -0.1) is 6.58 Å². The largest absolute Gasteiger partial charge is 0.329 e. The van der Waals surface area contributed by atoms with Crippen molar-refractivity contribution in [2.45, 2.75) is 42.8 Å². The van der Waals surface area contributed by atoms with Crippen molar-refractivity contribution in [3.63, 3.8) is 0 Å². The van der Waals surface area contributed by atoms with Gasteiger partial charge in [0, 0.05) is 46.3 Å². The van der Waals surface area contributed by atoms with Gasteiger partial charge in [0.2, 0.25) is 0 Å². The minimum Gasteiger partial charge on any atom is -0.291 e. The molecule has 7 heteroatoms. The number of halogens is 2. The second kappa shape index (κ2) is 9.03. The normalized spacial score (nSPS) is 11.2. The Balaban J connectivity index is 2.18.